The Hall–Kier alpha value is -3.09. The molecular weight excluding hydrogens is 358 g/mol. The zero-order valence-corrected chi connectivity index (χ0v) is 17.2. The Balaban J connectivity index is 2.17. The minimum atomic E-state index is 0.490. The highest BCUT2D eigenvalue weighted by atomic mass is 16.5. The monoisotopic (exact) mass is 387 g/mol. The van der Waals surface area contributed by atoms with Crippen molar-refractivity contribution in [1.29, 1.82) is 0 Å². The van der Waals surface area contributed by atoms with E-state index < -0.39 is 0 Å². The predicted octanol–water partition coefficient (Wildman–Crippen LogP) is 3.69. The fourth-order valence-electron chi connectivity index (χ4n) is 2.62. The van der Waals surface area contributed by atoms with Gasteiger partial charge in [0.15, 0.2) is 29.0 Å². The second-order valence-electron chi connectivity index (χ2n) is 5.81. The maximum atomic E-state index is 5.64. The number of hydrogen-bond donors (Lipinski definition) is 2. The van der Waals surface area contributed by atoms with E-state index in [9.17, 15) is 0 Å². The predicted molar refractivity (Wildman–Crippen MR) is 112 cm³/mol. The van der Waals surface area contributed by atoms with E-state index in [1.165, 1.54) is 0 Å². The number of nitrogens with one attached hydrogen (secondary N) is 2. The van der Waals surface area contributed by atoms with Crippen molar-refractivity contribution in [1.82, 2.24) is 5.32 Å². The lowest BCUT2D eigenvalue weighted by Crippen LogP contribution is -2.30. The van der Waals surface area contributed by atoms with E-state index in [0.29, 0.717) is 42.1 Å². The number of benzene rings is 2. The summed E-state index contributed by atoms with van der Waals surface area (Å²) < 4.78 is 21.6. The third-order valence-corrected chi connectivity index (χ3v) is 3.94. The van der Waals surface area contributed by atoms with Gasteiger partial charge in [0.05, 0.1) is 34.5 Å². The van der Waals surface area contributed by atoms with Gasteiger partial charge in [-0.25, -0.2) is 4.99 Å². The van der Waals surface area contributed by atoms with E-state index in [4.69, 9.17) is 18.9 Å². The van der Waals surface area contributed by atoms with Crippen LogP contribution in [-0.4, -0.2) is 40.4 Å². The lowest BCUT2D eigenvalue weighted by molar-refractivity contribution is 0.311. The highest BCUT2D eigenvalue weighted by Crippen LogP contribution is 2.30. The third-order valence-electron chi connectivity index (χ3n) is 3.94. The lowest BCUT2D eigenvalue weighted by Gasteiger charge is -2.14. The molecule has 0 unspecified atom stereocenters. The molecule has 2 aromatic rings. The van der Waals surface area contributed by atoms with Crippen LogP contribution in [0.5, 0.6) is 23.0 Å². The largest absolute Gasteiger partial charge is 0.493 e. The number of aliphatic imine (C=N–C) groups is 1. The minimum absolute atomic E-state index is 0.490. The Bertz CT molecular complexity index is 793. The van der Waals surface area contributed by atoms with Crippen molar-refractivity contribution >= 4 is 11.6 Å². The molecule has 0 amide bonds. The van der Waals surface area contributed by atoms with Gasteiger partial charge in [-0.2, -0.15) is 0 Å². The van der Waals surface area contributed by atoms with Gasteiger partial charge in [0.25, 0.3) is 0 Å². The fourth-order valence-corrected chi connectivity index (χ4v) is 2.62. The average molecular weight is 387 g/mol. The van der Waals surface area contributed by atoms with Gasteiger partial charge in [-0.3, -0.25) is 0 Å². The molecule has 0 heterocycles. The standard InChI is InChI=1S/C21H29N3O4/c1-6-22-21(23-14-15-8-10-17(25-3)19(12-15)27-5)24-16-9-11-18(26-4)20(13-16)28-7-2/h8-13H,6-7,14H2,1-5H3,(H2,22,23,24). The zero-order chi connectivity index (χ0) is 20.4. The molecule has 7 heteroatoms. The zero-order valence-electron chi connectivity index (χ0n) is 17.2. The maximum absolute atomic E-state index is 5.64. The molecule has 2 N–H and O–H groups in total. The number of guanidine groups is 1. The Morgan fingerprint density at radius 2 is 1.54 bits per heavy atom. The highest BCUT2D eigenvalue weighted by molar-refractivity contribution is 5.93. The fraction of sp³-hybridized carbons (Fsp3) is 0.381. The number of rotatable bonds is 9. The van der Waals surface area contributed by atoms with Crippen LogP contribution in [0.1, 0.15) is 19.4 Å². The van der Waals surface area contributed by atoms with Gasteiger partial charge in [-0.05, 0) is 43.7 Å². The topological polar surface area (TPSA) is 73.3 Å². The van der Waals surface area contributed by atoms with Crippen molar-refractivity contribution in [3.05, 3.63) is 42.0 Å². The van der Waals surface area contributed by atoms with Crippen LogP contribution < -0.4 is 29.6 Å². The summed E-state index contributed by atoms with van der Waals surface area (Å²) in [6.45, 7) is 5.76. The first-order valence-electron chi connectivity index (χ1n) is 9.22. The summed E-state index contributed by atoms with van der Waals surface area (Å²) in [6.07, 6.45) is 0. The van der Waals surface area contributed by atoms with Crippen LogP contribution in [0.25, 0.3) is 0 Å². The maximum Gasteiger partial charge on any atom is 0.196 e. The molecule has 0 bridgehead atoms. The summed E-state index contributed by atoms with van der Waals surface area (Å²) in [5.41, 5.74) is 1.87. The van der Waals surface area contributed by atoms with Gasteiger partial charge in [-0.1, -0.05) is 6.07 Å². The normalized spacial score (nSPS) is 11.0. The summed E-state index contributed by atoms with van der Waals surface area (Å²) in [5.74, 6) is 3.43. The number of nitrogens with zero attached hydrogens (tertiary/aromatic N) is 1. The number of anilines is 1. The van der Waals surface area contributed by atoms with E-state index >= 15 is 0 Å². The number of ether oxygens (including phenoxy) is 4. The van der Waals surface area contributed by atoms with E-state index in [1.807, 2.05) is 50.2 Å². The molecule has 0 aliphatic rings. The minimum Gasteiger partial charge on any atom is -0.493 e. The summed E-state index contributed by atoms with van der Waals surface area (Å²) in [7, 11) is 4.87. The molecule has 0 spiro atoms. The molecule has 2 aromatic carbocycles. The first-order chi connectivity index (χ1) is 13.6. The first kappa shape index (κ1) is 21.2. The Morgan fingerprint density at radius 1 is 0.857 bits per heavy atom. The van der Waals surface area contributed by atoms with Gasteiger partial charge in [0.1, 0.15) is 0 Å². The van der Waals surface area contributed by atoms with Gasteiger partial charge < -0.3 is 29.6 Å². The SMILES string of the molecule is CCNC(=NCc1ccc(OC)c(OC)c1)Nc1ccc(OC)c(OCC)c1. The molecule has 0 aromatic heterocycles. The quantitative estimate of drug-likeness (QED) is 0.505. The molecule has 28 heavy (non-hydrogen) atoms. The summed E-state index contributed by atoms with van der Waals surface area (Å²) in [4.78, 5) is 4.65. The molecule has 0 atom stereocenters. The van der Waals surface area contributed by atoms with E-state index in [2.05, 4.69) is 15.6 Å². The van der Waals surface area contributed by atoms with Crippen LogP contribution in [0.3, 0.4) is 0 Å². The van der Waals surface area contributed by atoms with Crippen LogP contribution in [0, 0.1) is 0 Å². The molecule has 0 saturated heterocycles. The van der Waals surface area contributed by atoms with Crippen molar-refractivity contribution in [3.63, 3.8) is 0 Å². The van der Waals surface area contributed by atoms with Gasteiger partial charge >= 0.3 is 0 Å². The third kappa shape index (κ3) is 5.70. The van der Waals surface area contributed by atoms with Crippen molar-refractivity contribution in [3.8, 4) is 23.0 Å². The first-order valence-corrected chi connectivity index (χ1v) is 9.22. The Labute approximate surface area is 166 Å². The Kier molecular flexibility index (Phi) is 8.27. The highest BCUT2D eigenvalue weighted by Gasteiger charge is 2.08. The molecule has 0 saturated carbocycles. The summed E-state index contributed by atoms with van der Waals surface area (Å²) in [6, 6.07) is 11.4. The molecule has 152 valence electrons. The lowest BCUT2D eigenvalue weighted by atomic mass is 10.2. The van der Waals surface area contributed by atoms with Gasteiger partial charge in [0.2, 0.25) is 0 Å². The van der Waals surface area contributed by atoms with Crippen LogP contribution in [0.4, 0.5) is 5.69 Å². The smallest absolute Gasteiger partial charge is 0.196 e. The van der Waals surface area contributed by atoms with Crippen LogP contribution in [0.15, 0.2) is 41.4 Å². The molecule has 0 fully saturated rings. The van der Waals surface area contributed by atoms with Crippen LogP contribution in [-0.2, 0) is 6.54 Å². The molecule has 0 aliphatic heterocycles. The number of methoxy groups -OCH3 is 3. The van der Waals surface area contributed by atoms with Crippen LogP contribution >= 0.6 is 0 Å². The molecule has 0 radical (unpaired) electrons. The van der Waals surface area contributed by atoms with Crippen molar-refractivity contribution in [2.75, 3.05) is 39.8 Å². The Morgan fingerprint density at radius 3 is 2.18 bits per heavy atom. The van der Waals surface area contributed by atoms with E-state index in [0.717, 1.165) is 17.8 Å². The van der Waals surface area contributed by atoms with Crippen molar-refractivity contribution < 1.29 is 18.9 Å². The molecule has 2 rings (SSSR count). The molecule has 0 aliphatic carbocycles. The van der Waals surface area contributed by atoms with Crippen LogP contribution in [0.2, 0.25) is 0 Å². The van der Waals surface area contributed by atoms with Gasteiger partial charge in [0, 0.05) is 18.3 Å². The van der Waals surface area contributed by atoms with Crippen molar-refractivity contribution in [2.24, 2.45) is 4.99 Å². The van der Waals surface area contributed by atoms with E-state index in [1.54, 1.807) is 21.3 Å². The average Bonchev–Trinajstić information content (AvgIpc) is 2.72. The summed E-state index contributed by atoms with van der Waals surface area (Å²) in [5, 5.41) is 6.54. The molecule has 7 nitrogen and oxygen atoms in total. The number of hydrogen-bond acceptors (Lipinski definition) is 5. The van der Waals surface area contributed by atoms with Crippen molar-refractivity contribution in [2.45, 2.75) is 20.4 Å². The summed E-state index contributed by atoms with van der Waals surface area (Å²) >= 11 is 0. The second-order valence-corrected chi connectivity index (χ2v) is 5.81. The van der Waals surface area contributed by atoms with E-state index in [-0.39, 0.29) is 0 Å². The van der Waals surface area contributed by atoms with Gasteiger partial charge in [-0.15, -0.1) is 0 Å². The molecular formula is C21H29N3O4. The second kappa shape index (κ2) is 10.9.